The van der Waals surface area contributed by atoms with Gasteiger partial charge in [-0.1, -0.05) is 6.92 Å². The topological polar surface area (TPSA) is 70.4 Å². The van der Waals surface area contributed by atoms with Crippen molar-refractivity contribution in [1.29, 1.82) is 0 Å². The number of nitrogens with one attached hydrogen (secondary N) is 2. The summed E-state index contributed by atoms with van der Waals surface area (Å²) in [5.41, 5.74) is -0.747. The number of likely N-dealkylation sites (tertiary alicyclic amines) is 1. The fourth-order valence-corrected chi connectivity index (χ4v) is 3.67. The molecular formula is C21H30F3N7. The number of hydrogen-bond donors (Lipinski definition) is 2. The van der Waals surface area contributed by atoms with Gasteiger partial charge in [0.1, 0.15) is 5.82 Å². The number of imidazole rings is 1. The van der Waals surface area contributed by atoms with Crippen molar-refractivity contribution < 1.29 is 13.2 Å². The van der Waals surface area contributed by atoms with Crippen LogP contribution in [0.4, 0.5) is 19.0 Å². The summed E-state index contributed by atoms with van der Waals surface area (Å²) >= 11 is 0. The monoisotopic (exact) mass is 437 g/mol. The molecular weight excluding hydrogens is 407 g/mol. The number of pyridine rings is 1. The van der Waals surface area contributed by atoms with Gasteiger partial charge in [0.05, 0.1) is 17.9 Å². The normalized spacial score (nSPS) is 20.0. The Hall–Kier alpha value is -2.78. The van der Waals surface area contributed by atoms with Crippen molar-refractivity contribution in [3.05, 3.63) is 42.6 Å². The maximum atomic E-state index is 12.6. The number of halogens is 3. The van der Waals surface area contributed by atoms with E-state index in [0.29, 0.717) is 30.9 Å². The highest BCUT2D eigenvalue weighted by Crippen LogP contribution is 2.29. The first-order chi connectivity index (χ1) is 14.9. The Morgan fingerprint density at radius 3 is 2.81 bits per heavy atom. The van der Waals surface area contributed by atoms with Crippen LogP contribution in [0.3, 0.4) is 0 Å². The average molecular weight is 438 g/mol. The first-order valence-corrected chi connectivity index (χ1v) is 10.7. The lowest BCUT2D eigenvalue weighted by molar-refractivity contribution is -0.137. The quantitative estimate of drug-likeness (QED) is 0.393. The molecule has 3 heterocycles. The summed E-state index contributed by atoms with van der Waals surface area (Å²) in [6, 6.07) is 2.74. The van der Waals surface area contributed by atoms with Crippen LogP contribution in [0.25, 0.3) is 0 Å². The molecule has 1 saturated heterocycles. The van der Waals surface area contributed by atoms with E-state index in [-0.39, 0.29) is 0 Å². The maximum Gasteiger partial charge on any atom is 0.417 e. The molecule has 0 amide bonds. The molecule has 0 spiro atoms. The fourth-order valence-electron chi connectivity index (χ4n) is 3.67. The molecule has 2 aromatic heterocycles. The zero-order valence-corrected chi connectivity index (χ0v) is 17.9. The van der Waals surface area contributed by atoms with E-state index in [1.807, 2.05) is 25.6 Å². The molecule has 0 bridgehead atoms. The van der Waals surface area contributed by atoms with Crippen LogP contribution in [0, 0.1) is 5.92 Å². The predicted molar refractivity (Wildman–Crippen MR) is 115 cm³/mol. The Balaban J connectivity index is 1.50. The summed E-state index contributed by atoms with van der Waals surface area (Å²) in [6.45, 7) is 8.12. The molecule has 0 saturated carbocycles. The number of guanidine groups is 1. The predicted octanol–water partition coefficient (Wildman–Crippen LogP) is 3.65. The van der Waals surface area contributed by atoms with Crippen LogP contribution >= 0.6 is 0 Å². The van der Waals surface area contributed by atoms with Crippen molar-refractivity contribution in [2.45, 2.75) is 38.9 Å². The fraction of sp³-hybridized carbons (Fsp3) is 0.571. The first-order valence-electron chi connectivity index (χ1n) is 10.7. The SMILES string of the molecule is CCNC(=NCCCNc1ccc(C(F)(F)F)cn1)N1CCC(C)C(n2ccnc2)C1. The lowest BCUT2D eigenvalue weighted by Crippen LogP contribution is -2.49. The van der Waals surface area contributed by atoms with Gasteiger partial charge in [-0.15, -0.1) is 0 Å². The van der Waals surface area contributed by atoms with E-state index in [0.717, 1.165) is 50.7 Å². The Morgan fingerprint density at radius 2 is 2.16 bits per heavy atom. The van der Waals surface area contributed by atoms with Crippen molar-refractivity contribution in [1.82, 2.24) is 24.8 Å². The number of hydrogen-bond acceptors (Lipinski definition) is 4. The molecule has 3 rings (SSSR count). The van der Waals surface area contributed by atoms with E-state index in [9.17, 15) is 13.2 Å². The van der Waals surface area contributed by atoms with Gasteiger partial charge in [-0.25, -0.2) is 9.97 Å². The minimum atomic E-state index is -4.37. The van der Waals surface area contributed by atoms with Crippen LogP contribution in [-0.4, -0.2) is 58.1 Å². The van der Waals surface area contributed by atoms with Gasteiger partial charge in [0.2, 0.25) is 0 Å². The van der Waals surface area contributed by atoms with Gasteiger partial charge in [0.25, 0.3) is 0 Å². The van der Waals surface area contributed by atoms with Crippen molar-refractivity contribution in [2.75, 3.05) is 38.0 Å². The lowest BCUT2D eigenvalue weighted by Gasteiger charge is -2.39. The third-order valence-electron chi connectivity index (χ3n) is 5.45. The van der Waals surface area contributed by atoms with Crippen LogP contribution in [0.2, 0.25) is 0 Å². The average Bonchev–Trinajstić information content (AvgIpc) is 3.27. The molecule has 2 aromatic rings. The van der Waals surface area contributed by atoms with E-state index in [4.69, 9.17) is 4.99 Å². The molecule has 0 aliphatic carbocycles. The largest absolute Gasteiger partial charge is 0.417 e. The highest BCUT2D eigenvalue weighted by molar-refractivity contribution is 5.80. The molecule has 31 heavy (non-hydrogen) atoms. The molecule has 2 N–H and O–H groups in total. The Morgan fingerprint density at radius 1 is 1.32 bits per heavy atom. The number of piperidine rings is 1. The van der Waals surface area contributed by atoms with Crippen molar-refractivity contribution in [2.24, 2.45) is 10.9 Å². The molecule has 1 aliphatic heterocycles. The Labute approximate surface area is 180 Å². The van der Waals surface area contributed by atoms with E-state index in [1.165, 1.54) is 6.07 Å². The highest BCUT2D eigenvalue weighted by atomic mass is 19.4. The molecule has 2 unspecified atom stereocenters. The summed E-state index contributed by atoms with van der Waals surface area (Å²) in [5.74, 6) is 1.89. The summed E-state index contributed by atoms with van der Waals surface area (Å²) in [7, 11) is 0. The van der Waals surface area contributed by atoms with Crippen LogP contribution in [0.1, 0.15) is 38.3 Å². The number of alkyl halides is 3. The van der Waals surface area contributed by atoms with E-state index in [2.05, 4.69) is 37.0 Å². The second-order valence-corrected chi connectivity index (χ2v) is 7.74. The highest BCUT2D eigenvalue weighted by Gasteiger charge is 2.31. The zero-order chi connectivity index (χ0) is 22.3. The molecule has 1 fully saturated rings. The Bertz CT molecular complexity index is 818. The Kier molecular flexibility index (Phi) is 7.75. The molecule has 170 valence electrons. The smallest absolute Gasteiger partial charge is 0.370 e. The van der Waals surface area contributed by atoms with Crippen LogP contribution in [0.15, 0.2) is 42.0 Å². The number of nitrogens with zero attached hydrogens (tertiary/aromatic N) is 5. The first kappa shape index (κ1) is 22.9. The molecule has 0 radical (unpaired) electrons. The minimum absolute atomic E-state index is 0.354. The minimum Gasteiger partial charge on any atom is -0.370 e. The number of aliphatic imine (C=N–C) groups is 1. The standard InChI is InChI=1S/C21H30F3N7/c1-3-26-20(30-11-7-16(2)18(14-30)31-12-10-25-15-31)28-9-4-8-27-19-6-5-17(13-29-19)21(22,23)24/h5-6,10,12-13,15-16,18H,3-4,7-9,11,14H2,1-2H3,(H,26,28)(H,27,29). The van der Waals surface area contributed by atoms with Crippen LogP contribution < -0.4 is 10.6 Å². The zero-order valence-electron chi connectivity index (χ0n) is 17.9. The van der Waals surface area contributed by atoms with Gasteiger partial charge < -0.3 is 20.1 Å². The third-order valence-corrected chi connectivity index (χ3v) is 5.45. The van der Waals surface area contributed by atoms with Gasteiger partial charge in [0, 0.05) is 51.3 Å². The van der Waals surface area contributed by atoms with Gasteiger partial charge in [0.15, 0.2) is 5.96 Å². The maximum absolute atomic E-state index is 12.6. The van der Waals surface area contributed by atoms with E-state index >= 15 is 0 Å². The molecule has 1 aliphatic rings. The number of anilines is 1. The molecule has 2 atom stereocenters. The summed E-state index contributed by atoms with van der Waals surface area (Å²) < 4.78 is 40.0. The van der Waals surface area contributed by atoms with E-state index in [1.54, 1.807) is 0 Å². The van der Waals surface area contributed by atoms with Crippen LogP contribution in [0.5, 0.6) is 0 Å². The molecule has 10 heteroatoms. The second kappa shape index (κ2) is 10.5. The van der Waals surface area contributed by atoms with Gasteiger partial charge in [-0.05, 0) is 37.8 Å². The summed E-state index contributed by atoms with van der Waals surface area (Å²) in [5, 5.41) is 6.42. The van der Waals surface area contributed by atoms with Crippen LogP contribution in [-0.2, 0) is 6.18 Å². The van der Waals surface area contributed by atoms with Crippen molar-refractivity contribution >= 4 is 11.8 Å². The molecule has 7 nitrogen and oxygen atoms in total. The van der Waals surface area contributed by atoms with Crippen molar-refractivity contribution in [3.8, 4) is 0 Å². The van der Waals surface area contributed by atoms with Gasteiger partial charge in [-0.3, -0.25) is 4.99 Å². The summed E-state index contributed by atoms with van der Waals surface area (Å²) in [6.07, 6.45) is 3.99. The second-order valence-electron chi connectivity index (χ2n) is 7.74. The van der Waals surface area contributed by atoms with E-state index < -0.39 is 11.7 Å². The lowest BCUT2D eigenvalue weighted by atomic mass is 9.93. The van der Waals surface area contributed by atoms with Crippen molar-refractivity contribution in [3.63, 3.8) is 0 Å². The number of rotatable bonds is 7. The summed E-state index contributed by atoms with van der Waals surface area (Å²) in [4.78, 5) is 15.0. The van der Waals surface area contributed by atoms with Gasteiger partial charge >= 0.3 is 6.18 Å². The van der Waals surface area contributed by atoms with Gasteiger partial charge in [-0.2, -0.15) is 13.2 Å². The molecule has 0 aromatic carbocycles. The third kappa shape index (κ3) is 6.35. The number of aromatic nitrogens is 3.